The number of aryl methyl sites for hydroxylation is 2. The van der Waals surface area contributed by atoms with Gasteiger partial charge in [-0.3, -0.25) is 0 Å². The Balaban J connectivity index is 2.27. The number of nitrogen functional groups attached to an aromatic ring is 1. The largest absolute Gasteiger partial charge is 0.396 e. The van der Waals surface area contributed by atoms with E-state index < -0.39 is 0 Å². The number of hydrogen-bond donors (Lipinski definition) is 1. The van der Waals surface area contributed by atoms with Crippen molar-refractivity contribution in [1.82, 2.24) is 19.7 Å². The van der Waals surface area contributed by atoms with Crippen LogP contribution in [0.15, 0.2) is 12.4 Å². The molecule has 0 fully saturated rings. The first-order valence-corrected chi connectivity index (χ1v) is 8.11. The molecule has 0 bridgehead atoms. The van der Waals surface area contributed by atoms with Crippen molar-refractivity contribution in [1.29, 1.82) is 0 Å². The summed E-state index contributed by atoms with van der Waals surface area (Å²) in [5.74, 6) is 0.833. The quantitative estimate of drug-likeness (QED) is 0.803. The Morgan fingerprint density at radius 2 is 1.95 bits per heavy atom. The summed E-state index contributed by atoms with van der Waals surface area (Å²) in [6, 6.07) is 2.16. The van der Waals surface area contributed by atoms with Crippen LogP contribution in [0.1, 0.15) is 37.0 Å². The number of aromatic nitrogens is 4. The van der Waals surface area contributed by atoms with Gasteiger partial charge in [0, 0.05) is 4.88 Å². The van der Waals surface area contributed by atoms with Gasteiger partial charge in [-0.15, -0.1) is 11.3 Å². The predicted octanol–water partition coefficient (Wildman–Crippen LogP) is 3.15. The molecule has 3 aromatic rings. The first-order valence-electron chi connectivity index (χ1n) is 7.29. The maximum atomic E-state index is 6.21. The van der Waals surface area contributed by atoms with Gasteiger partial charge < -0.3 is 5.73 Å². The Bertz CT molecular complexity index is 787. The molecule has 6 heteroatoms. The van der Waals surface area contributed by atoms with Crippen LogP contribution in [0.3, 0.4) is 0 Å². The number of anilines is 1. The van der Waals surface area contributed by atoms with Gasteiger partial charge in [0.05, 0.1) is 22.5 Å². The average molecular weight is 301 g/mol. The van der Waals surface area contributed by atoms with E-state index in [1.807, 2.05) is 4.68 Å². The van der Waals surface area contributed by atoms with E-state index in [9.17, 15) is 0 Å². The molecular formula is C15H19N5S. The fourth-order valence-corrected chi connectivity index (χ4v) is 3.46. The molecule has 0 saturated heterocycles. The maximum Gasteiger partial charge on any atom is 0.165 e. The van der Waals surface area contributed by atoms with Crippen LogP contribution in [-0.4, -0.2) is 19.7 Å². The summed E-state index contributed by atoms with van der Waals surface area (Å²) in [6.45, 7) is 6.31. The van der Waals surface area contributed by atoms with Gasteiger partial charge in [-0.25, -0.2) is 14.6 Å². The third-order valence-corrected chi connectivity index (χ3v) is 4.86. The van der Waals surface area contributed by atoms with Crippen LogP contribution in [0.5, 0.6) is 0 Å². The van der Waals surface area contributed by atoms with Crippen molar-refractivity contribution < 1.29 is 0 Å². The molecule has 0 aliphatic carbocycles. The molecule has 0 saturated carbocycles. The van der Waals surface area contributed by atoms with Crippen molar-refractivity contribution in [3.63, 3.8) is 0 Å². The first kappa shape index (κ1) is 14.0. The fourth-order valence-electron chi connectivity index (χ4n) is 2.53. The minimum Gasteiger partial charge on any atom is -0.396 e. The van der Waals surface area contributed by atoms with Gasteiger partial charge in [0.15, 0.2) is 5.82 Å². The molecular weight excluding hydrogens is 282 g/mol. The molecule has 2 N–H and O–H groups in total. The summed E-state index contributed by atoms with van der Waals surface area (Å²) in [7, 11) is 0. The molecule has 5 nitrogen and oxygen atoms in total. The van der Waals surface area contributed by atoms with E-state index >= 15 is 0 Å². The van der Waals surface area contributed by atoms with E-state index in [0.717, 1.165) is 52.4 Å². The third-order valence-electron chi connectivity index (χ3n) is 3.68. The predicted molar refractivity (Wildman–Crippen MR) is 87.1 cm³/mol. The van der Waals surface area contributed by atoms with Gasteiger partial charge in [0.2, 0.25) is 0 Å². The normalized spacial score (nSPS) is 11.4. The van der Waals surface area contributed by atoms with Gasteiger partial charge in [-0.2, -0.15) is 5.10 Å². The zero-order valence-corrected chi connectivity index (χ0v) is 13.4. The monoisotopic (exact) mass is 301 g/mol. The summed E-state index contributed by atoms with van der Waals surface area (Å²) in [6.07, 6.45) is 4.26. The molecule has 0 aromatic carbocycles. The second kappa shape index (κ2) is 5.44. The Morgan fingerprint density at radius 3 is 2.62 bits per heavy atom. The number of hydrogen-bond acceptors (Lipinski definition) is 5. The number of fused-ring (bicyclic) bond motifs is 1. The van der Waals surface area contributed by atoms with Crippen LogP contribution in [-0.2, 0) is 19.3 Å². The highest BCUT2D eigenvalue weighted by Gasteiger charge is 2.17. The minimum absolute atomic E-state index is 0.790. The highest BCUT2D eigenvalue weighted by Crippen LogP contribution is 2.30. The zero-order valence-electron chi connectivity index (χ0n) is 12.6. The van der Waals surface area contributed by atoms with Crippen LogP contribution in [0.4, 0.5) is 5.69 Å². The Morgan fingerprint density at radius 1 is 1.14 bits per heavy atom. The standard InChI is InChI=1S/C15H19N5S/c1-4-9-7-10-14(17-8-18-15(10)21-9)20-12(6-3)13(16)11(5-2)19-20/h7-8H,4-6,16H2,1-3H3. The van der Waals surface area contributed by atoms with Gasteiger partial charge >= 0.3 is 0 Å². The van der Waals surface area contributed by atoms with Crippen LogP contribution < -0.4 is 5.73 Å². The summed E-state index contributed by atoms with van der Waals surface area (Å²) in [5, 5.41) is 5.72. The zero-order chi connectivity index (χ0) is 15.0. The number of thiophene rings is 1. The first-order chi connectivity index (χ1) is 10.2. The summed E-state index contributed by atoms with van der Waals surface area (Å²) < 4.78 is 1.89. The van der Waals surface area contributed by atoms with Crippen molar-refractivity contribution >= 4 is 27.2 Å². The molecule has 0 aliphatic heterocycles. The van der Waals surface area contributed by atoms with Crippen LogP contribution >= 0.6 is 11.3 Å². The van der Waals surface area contributed by atoms with Crippen molar-refractivity contribution in [2.75, 3.05) is 5.73 Å². The maximum absolute atomic E-state index is 6.21. The smallest absolute Gasteiger partial charge is 0.165 e. The van der Waals surface area contributed by atoms with Gasteiger partial charge in [-0.05, 0) is 25.3 Å². The summed E-state index contributed by atoms with van der Waals surface area (Å²) in [4.78, 5) is 11.2. The van der Waals surface area contributed by atoms with E-state index in [0.29, 0.717) is 0 Å². The van der Waals surface area contributed by atoms with E-state index in [1.54, 1.807) is 17.7 Å². The molecule has 3 rings (SSSR count). The molecule has 0 amide bonds. The molecule has 0 unspecified atom stereocenters. The average Bonchev–Trinajstić information content (AvgIpc) is 3.07. The molecule has 110 valence electrons. The molecule has 0 spiro atoms. The van der Waals surface area contributed by atoms with E-state index in [4.69, 9.17) is 5.73 Å². The minimum atomic E-state index is 0.790. The molecule has 0 atom stereocenters. The van der Waals surface area contributed by atoms with E-state index in [2.05, 4.69) is 41.9 Å². The number of rotatable bonds is 4. The fraction of sp³-hybridized carbons (Fsp3) is 0.400. The third kappa shape index (κ3) is 2.19. The second-order valence-electron chi connectivity index (χ2n) is 4.91. The van der Waals surface area contributed by atoms with Crippen LogP contribution in [0.25, 0.3) is 16.0 Å². The van der Waals surface area contributed by atoms with Gasteiger partial charge in [0.1, 0.15) is 11.2 Å². The highest BCUT2D eigenvalue weighted by atomic mass is 32.1. The Labute approximate surface area is 127 Å². The van der Waals surface area contributed by atoms with Crippen molar-refractivity contribution in [3.8, 4) is 5.82 Å². The SMILES string of the molecule is CCc1cc2c(-n3nc(CC)c(N)c3CC)ncnc2s1. The number of nitrogens with two attached hydrogens (primary N) is 1. The lowest BCUT2D eigenvalue weighted by molar-refractivity contribution is 0.776. The van der Waals surface area contributed by atoms with E-state index in [-0.39, 0.29) is 0 Å². The molecule has 0 aliphatic rings. The van der Waals surface area contributed by atoms with Crippen molar-refractivity contribution in [2.24, 2.45) is 0 Å². The molecule has 0 radical (unpaired) electrons. The summed E-state index contributed by atoms with van der Waals surface area (Å²) in [5.41, 5.74) is 8.96. The number of nitrogens with zero attached hydrogens (tertiary/aromatic N) is 4. The van der Waals surface area contributed by atoms with Gasteiger partial charge in [0.25, 0.3) is 0 Å². The lowest BCUT2D eigenvalue weighted by Gasteiger charge is -2.06. The van der Waals surface area contributed by atoms with Crippen molar-refractivity contribution in [3.05, 3.63) is 28.7 Å². The Kier molecular flexibility index (Phi) is 3.63. The molecule has 21 heavy (non-hydrogen) atoms. The molecule has 3 aromatic heterocycles. The summed E-state index contributed by atoms with van der Waals surface area (Å²) >= 11 is 1.71. The second-order valence-corrected chi connectivity index (χ2v) is 6.02. The topological polar surface area (TPSA) is 69.6 Å². The van der Waals surface area contributed by atoms with Crippen LogP contribution in [0.2, 0.25) is 0 Å². The van der Waals surface area contributed by atoms with Crippen LogP contribution in [0, 0.1) is 0 Å². The molecule has 3 heterocycles. The van der Waals surface area contributed by atoms with Gasteiger partial charge in [-0.1, -0.05) is 20.8 Å². The Hall–Kier alpha value is -1.95. The highest BCUT2D eigenvalue weighted by molar-refractivity contribution is 7.18. The lowest BCUT2D eigenvalue weighted by atomic mass is 10.2. The van der Waals surface area contributed by atoms with Crippen molar-refractivity contribution in [2.45, 2.75) is 40.0 Å². The van der Waals surface area contributed by atoms with E-state index in [1.165, 1.54) is 4.88 Å². The lowest BCUT2D eigenvalue weighted by Crippen LogP contribution is -2.05.